The molecule has 1 heterocycles. The third-order valence-electron chi connectivity index (χ3n) is 3.57. The minimum absolute atomic E-state index is 0.193. The summed E-state index contributed by atoms with van der Waals surface area (Å²) < 4.78 is 2.11. The summed E-state index contributed by atoms with van der Waals surface area (Å²) in [5.74, 6) is 0.531. The van der Waals surface area contributed by atoms with Gasteiger partial charge in [0.1, 0.15) is 0 Å². The van der Waals surface area contributed by atoms with Crippen LogP contribution in [-0.2, 0) is 7.05 Å². The first kappa shape index (κ1) is 10.7. The van der Waals surface area contributed by atoms with E-state index in [4.69, 9.17) is 0 Å². The van der Waals surface area contributed by atoms with Crippen molar-refractivity contribution < 1.29 is 5.11 Å². The topological polar surface area (TPSA) is 37.2 Å². The zero-order chi connectivity index (χ0) is 11.8. The van der Waals surface area contributed by atoms with E-state index in [1.165, 1.54) is 23.7 Å². The number of benzene rings is 1. The molecule has 1 aromatic carbocycles. The van der Waals surface area contributed by atoms with Crippen molar-refractivity contribution in [1.82, 2.24) is 4.57 Å². The van der Waals surface area contributed by atoms with Gasteiger partial charge in [-0.25, -0.2) is 0 Å². The molecule has 0 saturated heterocycles. The van der Waals surface area contributed by atoms with Crippen LogP contribution >= 0.6 is 0 Å². The van der Waals surface area contributed by atoms with Crippen molar-refractivity contribution >= 4 is 16.6 Å². The van der Waals surface area contributed by atoms with Crippen molar-refractivity contribution in [2.24, 2.45) is 13.0 Å². The lowest BCUT2D eigenvalue weighted by Gasteiger charge is -2.11. The maximum absolute atomic E-state index is 9.80. The normalized spacial score (nSPS) is 17.3. The summed E-state index contributed by atoms with van der Waals surface area (Å²) in [4.78, 5) is 0. The van der Waals surface area contributed by atoms with Crippen molar-refractivity contribution in [1.29, 1.82) is 0 Å². The Balaban J connectivity index is 1.72. The van der Waals surface area contributed by atoms with E-state index in [1.807, 2.05) is 7.05 Å². The standard InChI is InChI=1S/C14H18N2O/c1-16-7-6-11-8-12(4-5-13(11)16)15-9-14(17)10-2-3-10/h4-8,10,14-15,17H,2-3,9H2,1H3. The van der Waals surface area contributed by atoms with Gasteiger partial charge in [-0.1, -0.05) is 0 Å². The highest BCUT2D eigenvalue weighted by atomic mass is 16.3. The Labute approximate surface area is 101 Å². The van der Waals surface area contributed by atoms with Gasteiger partial charge in [0, 0.05) is 36.4 Å². The quantitative estimate of drug-likeness (QED) is 0.846. The molecule has 1 saturated carbocycles. The number of aromatic nitrogens is 1. The molecule has 1 aliphatic carbocycles. The average molecular weight is 230 g/mol. The van der Waals surface area contributed by atoms with Crippen molar-refractivity contribution in [2.75, 3.05) is 11.9 Å². The summed E-state index contributed by atoms with van der Waals surface area (Å²) >= 11 is 0. The Morgan fingerprint density at radius 3 is 3.00 bits per heavy atom. The first-order chi connectivity index (χ1) is 8.24. The first-order valence-corrected chi connectivity index (χ1v) is 6.21. The van der Waals surface area contributed by atoms with Gasteiger partial charge in [0.05, 0.1) is 6.10 Å². The van der Waals surface area contributed by atoms with E-state index in [2.05, 4.69) is 40.3 Å². The molecular weight excluding hydrogens is 212 g/mol. The van der Waals surface area contributed by atoms with Crippen LogP contribution in [0, 0.1) is 5.92 Å². The molecule has 0 spiro atoms. The molecular formula is C14H18N2O. The van der Waals surface area contributed by atoms with Gasteiger partial charge in [-0.05, 0) is 43.0 Å². The number of nitrogens with zero attached hydrogens (tertiary/aromatic N) is 1. The predicted octanol–water partition coefficient (Wildman–Crippen LogP) is 2.36. The maximum atomic E-state index is 9.80. The first-order valence-electron chi connectivity index (χ1n) is 6.21. The van der Waals surface area contributed by atoms with Crippen LogP contribution in [0.3, 0.4) is 0 Å². The summed E-state index contributed by atoms with van der Waals surface area (Å²) in [7, 11) is 2.05. The number of anilines is 1. The molecule has 2 N–H and O–H groups in total. The lowest BCUT2D eigenvalue weighted by atomic mass is 10.2. The highest BCUT2D eigenvalue weighted by molar-refractivity contribution is 5.83. The zero-order valence-corrected chi connectivity index (χ0v) is 10.1. The monoisotopic (exact) mass is 230 g/mol. The average Bonchev–Trinajstić information content (AvgIpc) is 3.12. The van der Waals surface area contributed by atoms with Crippen LogP contribution in [0.4, 0.5) is 5.69 Å². The molecule has 3 heteroatoms. The minimum Gasteiger partial charge on any atom is -0.391 e. The van der Waals surface area contributed by atoms with Crippen LogP contribution in [0.1, 0.15) is 12.8 Å². The van der Waals surface area contributed by atoms with Crippen LogP contribution in [0.2, 0.25) is 0 Å². The maximum Gasteiger partial charge on any atom is 0.0740 e. The minimum atomic E-state index is -0.193. The lowest BCUT2D eigenvalue weighted by molar-refractivity contribution is 0.164. The third kappa shape index (κ3) is 2.15. The largest absolute Gasteiger partial charge is 0.391 e. The summed E-state index contributed by atoms with van der Waals surface area (Å²) in [6.07, 6.45) is 4.23. The van der Waals surface area contributed by atoms with Gasteiger partial charge in [0.25, 0.3) is 0 Å². The fraction of sp³-hybridized carbons (Fsp3) is 0.429. The van der Waals surface area contributed by atoms with E-state index >= 15 is 0 Å². The highest BCUT2D eigenvalue weighted by Crippen LogP contribution is 2.32. The molecule has 0 radical (unpaired) electrons. The van der Waals surface area contributed by atoms with Crippen molar-refractivity contribution in [3.63, 3.8) is 0 Å². The SMILES string of the molecule is Cn1ccc2cc(NCC(O)C3CC3)ccc21. The molecule has 3 rings (SSSR count). The molecule has 0 aliphatic heterocycles. The van der Waals surface area contributed by atoms with E-state index in [0.29, 0.717) is 12.5 Å². The number of hydrogen-bond donors (Lipinski definition) is 2. The molecule has 2 aromatic rings. The highest BCUT2D eigenvalue weighted by Gasteiger charge is 2.29. The zero-order valence-electron chi connectivity index (χ0n) is 10.1. The molecule has 1 aliphatic rings. The van der Waals surface area contributed by atoms with E-state index in [1.54, 1.807) is 0 Å². The predicted molar refractivity (Wildman–Crippen MR) is 70.1 cm³/mol. The van der Waals surface area contributed by atoms with Gasteiger partial charge >= 0.3 is 0 Å². The molecule has 17 heavy (non-hydrogen) atoms. The summed E-state index contributed by atoms with van der Waals surface area (Å²) in [6.45, 7) is 0.656. The second kappa shape index (κ2) is 4.08. The Kier molecular flexibility index (Phi) is 2.56. The van der Waals surface area contributed by atoms with Gasteiger partial charge in [-0.15, -0.1) is 0 Å². The molecule has 90 valence electrons. The van der Waals surface area contributed by atoms with E-state index in [9.17, 15) is 5.11 Å². The number of rotatable bonds is 4. The number of fused-ring (bicyclic) bond motifs is 1. The van der Waals surface area contributed by atoms with Gasteiger partial charge in [-0.2, -0.15) is 0 Å². The summed E-state index contributed by atoms with van der Waals surface area (Å²) in [6, 6.07) is 8.43. The Morgan fingerprint density at radius 1 is 1.41 bits per heavy atom. The van der Waals surface area contributed by atoms with Gasteiger partial charge < -0.3 is 15.0 Å². The number of hydrogen-bond acceptors (Lipinski definition) is 2. The van der Waals surface area contributed by atoms with E-state index in [0.717, 1.165) is 5.69 Å². The van der Waals surface area contributed by atoms with Crippen LogP contribution < -0.4 is 5.32 Å². The van der Waals surface area contributed by atoms with E-state index in [-0.39, 0.29) is 6.10 Å². The molecule has 0 bridgehead atoms. The van der Waals surface area contributed by atoms with Crippen LogP contribution in [0.5, 0.6) is 0 Å². The lowest BCUT2D eigenvalue weighted by Crippen LogP contribution is -2.21. The van der Waals surface area contributed by atoms with Gasteiger partial charge in [-0.3, -0.25) is 0 Å². The Bertz CT molecular complexity index is 528. The Hall–Kier alpha value is -1.48. The fourth-order valence-electron chi connectivity index (χ4n) is 2.26. The van der Waals surface area contributed by atoms with Crippen LogP contribution in [0.25, 0.3) is 10.9 Å². The number of aliphatic hydroxyl groups is 1. The smallest absolute Gasteiger partial charge is 0.0740 e. The number of nitrogens with one attached hydrogen (secondary N) is 1. The van der Waals surface area contributed by atoms with Crippen molar-refractivity contribution in [3.8, 4) is 0 Å². The number of aliphatic hydroxyl groups excluding tert-OH is 1. The van der Waals surface area contributed by atoms with Crippen molar-refractivity contribution in [2.45, 2.75) is 18.9 Å². The molecule has 0 amide bonds. The molecule has 1 unspecified atom stereocenters. The second-order valence-corrected chi connectivity index (χ2v) is 4.99. The molecule has 1 atom stereocenters. The fourth-order valence-corrected chi connectivity index (χ4v) is 2.26. The van der Waals surface area contributed by atoms with Gasteiger partial charge in [0.15, 0.2) is 0 Å². The van der Waals surface area contributed by atoms with E-state index < -0.39 is 0 Å². The second-order valence-electron chi connectivity index (χ2n) is 4.99. The van der Waals surface area contributed by atoms with Crippen LogP contribution in [0.15, 0.2) is 30.5 Å². The third-order valence-corrected chi connectivity index (χ3v) is 3.57. The summed E-state index contributed by atoms with van der Waals surface area (Å²) in [5, 5.41) is 14.3. The summed E-state index contributed by atoms with van der Waals surface area (Å²) in [5.41, 5.74) is 2.32. The molecule has 1 fully saturated rings. The van der Waals surface area contributed by atoms with Crippen LogP contribution in [-0.4, -0.2) is 22.3 Å². The molecule has 1 aromatic heterocycles. The van der Waals surface area contributed by atoms with Crippen molar-refractivity contribution in [3.05, 3.63) is 30.5 Å². The van der Waals surface area contributed by atoms with Gasteiger partial charge in [0.2, 0.25) is 0 Å². The Morgan fingerprint density at radius 2 is 2.24 bits per heavy atom. The molecule has 3 nitrogen and oxygen atoms in total. The number of aryl methyl sites for hydroxylation is 1.